The Bertz CT molecular complexity index is 166. The van der Waals surface area contributed by atoms with E-state index in [-0.39, 0.29) is 0 Å². The lowest BCUT2D eigenvalue weighted by Crippen LogP contribution is -1.85. The highest BCUT2D eigenvalue weighted by atomic mass is 32.1. The van der Waals surface area contributed by atoms with Crippen molar-refractivity contribution in [2.24, 2.45) is 0 Å². The lowest BCUT2D eigenvalue weighted by molar-refractivity contribution is 0.546. The molecule has 0 spiro atoms. The van der Waals surface area contributed by atoms with Crippen LogP contribution in [0.4, 0.5) is 0 Å². The minimum Gasteiger partial charge on any atom is -0.136 e. The Hall–Kier alpha value is 0.440. The fraction of sp³-hybridized carbons (Fsp3) is 0.933. The first-order chi connectivity index (χ1) is 8.27. The van der Waals surface area contributed by atoms with E-state index < -0.39 is 0 Å². The summed E-state index contributed by atoms with van der Waals surface area (Å²) in [5, 5.41) is 0. The van der Waals surface area contributed by atoms with E-state index in [4.69, 9.17) is 12.2 Å². The van der Waals surface area contributed by atoms with E-state index in [0.717, 1.165) is 10.6 Å². The highest BCUT2D eigenvalue weighted by Crippen LogP contribution is 2.12. The van der Waals surface area contributed by atoms with Gasteiger partial charge in [0.15, 0.2) is 0 Å². The maximum atomic E-state index is 4.94. The monoisotopic (exact) mass is 274 g/mol. The SMILES string of the molecule is CCCCCCCCCCCCCCC(=S)S. The van der Waals surface area contributed by atoms with E-state index in [1.165, 1.54) is 77.0 Å². The summed E-state index contributed by atoms with van der Waals surface area (Å²) in [6.45, 7) is 2.28. The van der Waals surface area contributed by atoms with Crippen LogP contribution in [0, 0.1) is 0 Å². The minimum atomic E-state index is 0.872. The number of hydrogen-bond acceptors (Lipinski definition) is 1. The average molecular weight is 275 g/mol. The highest BCUT2D eigenvalue weighted by Gasteiger charge is 1.94. The molecular weight excluding hydrogens is 244 g/mol. The molecule has 0 N–H and O–H groups in total. The number of thiocarbonyl (C=S) groups is 1. The molecule has 0 aromatic rings. The van der Waals surface area contributed by atoms with E-state index in [1.807, 2.05) is 0 Å². The molecule has 0 aliphatic carbocycles. The third-order valence-corrected chi connectivity index (χ3v) is 3.67. The smallest absolute Gasteiger partial charge is 0.0448 e. The van der Waals surface area contributed by atoms with Gasteiger partial charge in [-0.05, 0) is 12.8 Å². The summed E-state index contributed by atoms with van der Waals surface area (Å²) >= 11 is 9.07. The first-order valence-electron chi connectivity index (χ1n) is 7.49. The number of hydrogen-bond donors (Lipinski definition) is 1. The molecule has 0 radical (unpaired) electrons. The molecule has 102 valence electrons. The number of unbranched alkanes of at least 4 members (excludes halogenated alkanes) is 11. The zero-order valence-electron chi connectivity index (χ0n) is 11.5. The lowest BCUT2D eigenvalue weighted by atomic mass is 10.1. The van der Waals surface area contributed by atoms with Gasteiger partial charge in [0.05, 0.1) is 0 Å². The quantitative estimate of drug-likeness (QED) is 0.232. The molecule has 0 aliphatic rings. The second-order valence-corrected chi connectivity index (χ2v) is 6.37. The fourth-order valence-corrected chi connectivity index (χ4v) is 2.42. The van der Waals surface area contributed by atoms with Crippen molar-refractivity contribution in [3.8, 4) is 0 Å². The molecule has 0 fully saturated rings. The molecule has 0 nitrogen and oxygen atoms in total. The Morgan fingerprint density at radius 3 is 1.41 bits per heavy atom. The predicted octanol–water partition coefficient (Wildman–Crippen LogP) is 6.33. The van der Waals surface area contributed by atoms with Crippen LogP contribution in [0.5, 0.6) is 0 Å². The van der Waals surface area contributed by atoms with Gasteiger partial charge in [-0.2, -0.15) is 0 Å². The van der Waals surface area contributed by atoms with Crippen LogP contribution in [0.25, 0.3) is 0 Å². The molecular formula is C15H30S2. The van der Waals surface area contributed by atoms with Crippen LogP contribution in [-0.2, 0) is 0 Å². The van der Waals surface area contributed by atoms with Gasteiger partial charge >= 0.3 is 0 Å². The molecule has 0 atom stereocenters. The van der Waals surface area contributed by atoms with Crippen molar-refractivity contribution in [1.82, 2.24) is 0 Å². The molecule has 0 aromatic carbocycles. The topological polar surface area (TPSA) is 0 Å². The van der Waals surface area contributed by atoms with Crippen LogP contribution < -0.4 is 0 Å². The second-order valence-electron chi connectivity index (χ2n) is 5.03. The van der Waals surface area contributed by atoms with Crippen molar-refractivity contribution in [2.45, 2.75) is 90.4 Å². The van der Waals surface area contributed by atoms with E-state index in [9.17, 15) is 0 Å². The van der Waals surface area contributed by atoms with Crippen molar-refractivity contribution < 1.29 is 0 Å². The van der Waals surface area contributed by atoms with Crippen molar-refractivity contribution in [1.29, 1.82) is 0 Å². The third kappa shape index (κ3) is 16.4. The Morgan fingerprint density at radius 2 is 1.06 bits per heavy atom. The van der Waals surface area contributed by atoms with E-state index in [2.05, 4.69) is 19.6 Å². The summed E-state index contributed by atoms with van der Waals surface area (Å²) in [7, 11) is 0. The van der Waals surface area contributed by atoms with Crippen LogP contribution in [0.1, 0.15) is 90.4 Å². The molecule has 17 heavy (non-hydrogen) atoms. The van der Waals surface area contributed by atoms with Crippen LogP contribution in [0.3, 0.4) is 0 Å². The van der Waals surface area contributed by atoms with Gasteiger partial charge in [-0.3, -0.25) is 0 Å². The van der Waals surface area contributed by atoms with Crippen molar-refractivity contribution in [2.75, 3.05) is 0 Å². The number of thiol groups is 1. The normalized spacial score (nSPS) is 10.7. The zero-order chi connectivity index (χ0) is 12.8. The Morgan fingerprint density at radius 1 is 0.706 bits per heavy atom. The molecule has 0 bridgehead atoms. The van der Waals surface area contributed by atoms with Crippen molar-refractivity contribution in [3.05, 3.63) is 0 Å². The standard InChI is InChI=1S/C15H30S2/c1-2-3-4-5-6-7-8-9-10-11-12-13-14-15(16)17/h2-14H2,1H3,(H,16,17). The van der Waals surface area contributed by atoms with Gasteiger partial charge in [0.2, 0.25) is 0 Å². The molecule has 0 aromatic heterocycles. The Balaban J connectivity index is 2.91. The molecule has 0 aliphatic heterocycles. The maximum absolute atomic E-state index is 4.94. The maximum Gasteiger partial charge on any atom is 0.0448 e. The summed E-state index contributed by atoms with van der Waals surface area (Å²) in [5.41, 5.74) is 0. The summed E-state index contributed by atoms with van der Waals surface area (Å²) < 4.78 is 0.872. The molecule has 0 unspecified atom stereocenters. The van der Waals surface area contributed by atoms with E-state index in [1.54, 1.807) is 0 Å². The van der Waals surface area contributed by atoms with Crippen LogP contribution in [-0.4, -0.2) is 4.20 Å². The lowest BCUT2D eigenvalue weighted by Gasteiger charge is -2.02. The van der Waals surface area contributed by atoms with Gasteiger partial charge in [-0.1, -0.05) is 89.8 Å². The van der Waals surface area contributed by atoms with Crippen LogP contribution >= 0.6 is 24.8 Å². The first kappa shape index (κ1) is 17.4. The van der Waals surface area contributed by atoms with Gasteiger partial charge in [-0.15, -0.1) is 12.6 Å². The van der Waals surface area contributed by atoms with Gasteiger partial charge in [0, 0.05) is 4.20 Å². The largest absolute Gasteiger partial charge is 0.136 e. The van der Waals surface area contributed by atoms with Crippen LogP contribution in [0.15, 0.2) is 0 Å². The zero-order valence-corrected chi connectivity index (χ0v) is 13.3. The van der Waals surface area contributed by atoms with Crippen LogP contribution in [0.2, 0.25) is 0 Å². The summed E-state index contributed by atoms with van der Waals surface area (Å²) in [6, 6.07) is 0. The van der Waals surface area contributed by atoms with Gasteiger partial charge in [-0.25, -0.2) is 0 Å². The number of rotatable bonds is 13. The molecule has 0 heterocycles. The summed E-state index contributed by atoms with van der Waals surface area (Å²) in [4.78, 5) is 0. The predicted molar refractivity (Wildman–Crippen MR) is 87.3 cm³/mol. The van der Waals surface area contributed by atoms with Crippen molar-refractivity contribution in [3.63, 3.8) is 0 Å². The molecule has 2 heteroatoms. The van der Waals surface area contributed by atoms with Crippen molar-refractivity contribution >= 4 is 29.0 Å². The van der Waals surface area contributed by atoms with Gasteiger partial charge in [0.1, 0.15) is 0 Å². The first-order valence-corrected chi connectivity index (χ1v) is 8.34. The Labute approximate surface area is 119 Å². The van der Waals surface area contributed by atoms with E-state index >= 15 is 0 Å². The minimum absolute atomic E-state index is 0.872. The average Bonchev–Trinajstić information content (AvgIpc) is 2.30. The molecule has 0 amide bonds. The summed E-state index contributed by atoms with van der Waals surface area (Å²) in [6.07, 6.45) is 17.8. The highest BCUT2D eigenvalue weighted by molar-refractivity contribution is 8.11. The second kappa shape index (κ2) is 14.5. The molecule has 0 rings (SSSR count). The molecule has 0 saturated carbocycles. The van der Waals surface area contributed by atoms with Gasteiger partial charge < -0.3 is 0 Å². The molecule has 0 saturated heterocycles. The third-order valence-electron chi connectivity index (χ3n) is 3.24. The van der Waals surface area contributed by atoms with E-state index in [0.29, 0.717) is 0 Å². The van der Waals surface area contributed by atoms with Gasteiger partial charge in [0.25, 0.3) is 0 Å². The fourth-order valence-electron chi connectivity index (χ4n) is 2.12. The Kier molecular flexibility index (Phi) is 14.9. The summed E-state index contributed by atoms with van der Waals surface area (Å²) in [5.74, 6) is 0.